The van der Waals surface area contributed by atoms with E-state index < -0.39 is 15.9 Å². The molecule has 0 radical (unpaired) electrons. The fourth-order valence-corrected chi connectivity index (χ4v) is 5.05. The molecule has 138 valence electrons. The van der Waals surface area contributed by atoms with Crippen molar-refractivity contribution in [1.82, 2.24) is 4.31 Å². The largest absolute Gasteiger partial charge is 0.312 e. The molecule has 0 atom stereocenters. The highest BCUT2D eigenvalue weighted by Crippen LogP contribution is 2.32. The van der Waals surface area contributed by atoms with Crippen LogP contribution in [0.15, 0.2) is 29.2 Å². The van der Waals surface area contributed by atoms with Crippen LogP contribution in [0.2, 0.25) is 0 Å². The number of nitrogens with zero attached hydrogens (tertiary/aromatic N) is 2. The topological polar surface area (TPSA) is 90.3 Å². The van der Waals surface area contributed by atoms with Crippen molar-refractivity contribution in [2.24, 2.45) is 0 Å². The monoisotopic (exact) mass is 391 g/mol. The number of aryl methyl sites for hydroxylation is 1. The minimum absolute atomic E-state index is 0.0768. The highest BCUT2D eigenvalue weighted by molar-refractivity contribution is 7.89. The van der Waals surface area contributed by atoms with Crippen LogP contribution in [0.4, 0.5) is 5.00 Å². The zero-order valence-corrected chi connectivity index (χ0v) is 16.8. The third-order valence-electron chi connectivity index (χ3n) is 4.16. The summed E-state index contributed by atoms with van der Waals surface area (Å²) in [4.78, 5) is 13.6. The van der Waals surface area contributed by atoms with Gasteiger partial charge in [0, 0.05) is 23.5 Å². The Labute approximate surface area is 158 Å². The van der Waals surface area contributed by atoms with Crippen molar-refractivity contribution in [2.45, 2.75) is 32.6 Å². The number of hydrogen-bond donors (Lipinski definition) is 1. The molecule has 0 aliphatic heterocycles. The van der Waals surface area contributed by atoms with E-state index in [1.165, 1.54) is 27.8 Å². The van der Waals surface area contributed by atoms with E-state index in [2.05, 4.69) is 11.4 Å². The lowest BCUT2D eigenvalue weighted by Gasteiger charge is -2.18. The van der Waals surface area contributed by atoms with Crippen molar-refractivity contribution >= 4 is 32.3 Å². The Bertz CT molecular complexity index is 968. The van der Waals surface area contributed by atoms with Crippen LogP contribution in [0.5, 0.6) is 0 Å². The molecule has 0 fully saturated rings. The Balaban J connectivity index is 2.35. The SMILES string of the molecule is CCN(CC)S(=O)(=O)c1cccc(C(=O)Nc2sc(C)c(C)c2C#N)c1. The van der Waals surface area contributed by atoms with Crippen molar-refractivity contribution in [3.8, 4) is 6.07 Å². The number of nitriles is 1. The third-order valence-corrected chi connectivity index (χ3v) is 7.33. The lowest BCUT2D eigenvalue weighted by molar-refractivity contribution is 0.102. The van der Waals surface area contributed by atoms with Crippen molar-refractivity contribution in [3.05, 3.63) is 45.8 Å². The minimum atomic E-state index is -3.64. The highest BCUT2D eigenvalue weighted by Gasteiger charge is 2.23. The van der Waals surface area contributed by atoms with Crippen LogP contribution in [0, 0.1) is 25.2 Å². The second-order valence-corrected chi connectivity index (χ2v) is 8.83. The van der Waals surface area contributed by atoms with Gasteiger partial charge in [-0.1, -0.05) is 19.9 Å². The standard InChI is InChI=1S/C18H21N3O3S2/c1-5-21(6-2)26(23,24)15-9-7-8-14(10-15)17(22)20-18-16(11-19)12(3)13(4)25-18/h7-10H,5-6H2,1-4H3,(H,20,22). The van der Waals surface area contributed by atoms with Gasteiger partial charge in [-0.15, -0.1) is 11.3 Å². The maximum Gasteiger partial charge on any atom is 0.256 e. The predicted molar refractivity (Wildman–Crippen MR) is 103 cm³/mol. The lowest BCUT2D eigenvalue weighted by atomic mass is 10.2. The number of benzene rings is 1. The molecule has 0 unspecified atom stereocenters. The van der Waals surface area contributed by atoms with Crippen molar-refractivity contribution in [2.75, 3.05) is 18.4 Å². The highest BCUT2D eigenvalue weighted by atomic mass is 32.2. The number of carbonyl (C=O) groups is 1. The quantitative estimate of drug-likeness (QED) is 0.816. The number of hydrogen-bond acceptors (Lipinski definition) is 5. The second kappa shape index (κ2) is 7.99. The van der Waals surface area contributed by atoms with E-state index in [4.69, 9.17) is 0 Å². The zero-order valence-electron chi connectivity index (χ0n) is 15.2. The molecule has 1 aromatic heterocycles. The molecule has 0 spiro atoms. The van der Waals surface area contributed by atoms with Gasteiger partial charge in [0.1, 0.15) is 11.1 Å². The van der Waals surface area contributed by atoms with E-state index in [9.17, 15) is 18.5 Å². The summed E-state index contributed by atoms with van der Waals surface area (Å²) in [5.41, 5.74) is 1.50. The van der Waals surface area contributed by atoms with Crippen molar-refractivity contribution in [3.63, 3.8) is 0 Å². The van der Waals surface area contributed by atoms with Gasteiger partial charge in [-0.3, -0.25) is 4.79 Å². The van der Waals surface area contributed by atoms with Gasteiger partial charge < -0.3 is 5.32 Å². The summed E-state index contributed by atoms with van der Waals surface area (Å²) in [6.07, 6.45) is 0. The molecule has 8 heteroatoms. The van der Waals surface area contributed by atoms with Gasteiger partial charge in [-0.25, -0.2) is 8.42 Å². The van der Waals surface area contributed by atoms with Crippen LogP contribution in [0.1, 0.15) is 40.2 Å². The van der Waals surface area contributed by atoms with Crippen LogP contribution in [-0.4, -0.2) is 31.7 Å². The molecule has 0 saturated heterocycles. The molecular formula is C18H21N3O3S2. The molecule has 0 bridgehead atoms. The molecule has 1 N–H and O–H groups in total. The van der Waals surface area contributed by atoms with Crippen LogP contribution in [-0.2, 0) is 10.0 Å². The van der Waals surface area contributed by atoms with Gasteiger partial charge in [-0.05, 0) is 37.6 Å². The first kappa shape index (κ1) is 20.1. The van der Waals surface area contributed by atoms with Gasteiger partial charge in [0.05, 0.1) is 10.5 Å². The van der Waals surface area contributed by atoms with Crippen LogP contribution in [0.25, 0.3) is 0 Å². The molecule has 0 aliphatic carbocycles. The number of amides is 1. The summed E-state index contributed by atoms with van der Waals surface area (Å²) in [6, 6.07) is 8.04. The number of rotatable bonds is 6. The summed E-state index contributed by atoms with van der Waals surface area (Å²) >= 11 is 1.33. The lowest BCUT2D eigenvalue weighted by Crippen LogP contribution is -2.30. The predicted octanol–water partition coefficient (Wildman–Crippen LogP) is 3.52. The van der Waals surface area contributed by atoms with E-state index >= 15 is 0 Å². The fraction of sp³-hybridized carbons (Fsp3) is 0.333. The van der Waals surface area contributed by atoms with Crippen LogP contribution in [0.3, 0.4) is 0 Å². The average molecular weight is 392 g/mol. The van der Waals surface area contributed by atoms with Gasteiger partial charge >= 0.3 is 0 Å². The molecule has 2 aromatic rings. The number of thiophene rings is 1. The van der Waals surface area contributed by atoms with Gasteiger partial charge in [0.25, 0.3) is 5.91 Å². The fourth-order valence-electron chi connectivity index (χ4n) is 2.54. The van der Waals surface area contributed by atoms with E-state index in [-0.39, 0.29) is 10.5 Å². The van der Waals surface area contributed by atoms with Gasteiger partial charge in [-0.2, -0.15) is 9.57 Å². The summed E-state index contributed by atoms with van der Waals surface area (Å²) in [5, 5.41) is 12.5. The summed E-state index contributed by atoms with van der Waals surface area (Å²) in [5.74, 6) is -0.445. The third kappa shape index (κ3) is 3.80. The maximum absolute atomic E-state index is 12.6. The van der Waals surface area contributed by atoms with Crippen LogP contribution < -0.4 is 5.32 Å². The first-order valence-corrected chi connectivity index (χ1v) is 10.4. The molecule has 2 rings (SSSR count). The van der Waals surface area contributed by atoms with Gasteiger partial charge in [0.2, 0.25) is 10.0 Å². The number of anilines is 1. The first-order chi connectivity index (χ1) is 12.3. The van der Waals surface area contributed by atoms with E-state index in [1.807, 2.05) is 13.8 Å². The number of nitrogens with one attached hydrogen (secondary N) is 1. The molecule has 6 nitrogen and oxygen atoms in total. The second-order valence-electron chi connectivity index (χ2n) is 5.67. The maximum atomic E-state index is 12.6. The normalized spacial score (nSPS) is 11.4. The number of sulfonamides is 1. The number of carbonyl (C=O) groups excluding carboxylic acids is 1. The molecule has 1 aromatic carbocycles. The Morgan fingerprint density at radius 3 is 2.50 bits per heavy atom. The van der Waals surface area contributed by atoms with Crippen molar-refractivity contribution < 1.29 is 13.2 Å². The Kier molecular flexibility index (Phi) is 6.18. The molecule has 1 amide bonds. The van der Waals surface area contributed by atoms with Crippen molar-refractivity contribution in [1.29, 1.82) is 5.26 Å². The first-order valence-electron chi connectivity index (χ1n) is 8.17. The summed E-state index contributed by atoms with van der Waals surface area (Å²) in [7, 11) is -3.64. The summed E-state index contributed by atoms with van der Waals surface area (Å²) in [6.45, 7) is 7.96. The molecule has 0 aliphatic rings. The smallest absolute Gasteiger partial charge is 0.256 e. The molecule has 1 heterocycles. The van der Waals surface area contributed by atoms with E-state index in [1.54, 1.807) is 26.0 Å². The molecule has 0 saturated carbocycles. The zero-order chi connectivity index (χ0) is 19.5. The summed E-state index contributed by atoms with van der Waals surface area (Å²) < 4.78 is 26.6. The van der Waals surface area contributed by atoms with E-state index in [0.29, 0.717) is 23.7 Å². The Hall–Kier alpha value is -2.21. The van der Waals surface area contributed by atoms with Gasteiger partial charge in [0.15, 0.2) is 0 Å². The van der Waals surface area contributed by atoms with Crippen LogP contribution >= 0.6 is 11.3 Å². The molecule has 26 heavy (non-hydrogen) atoms. The average Bonchev–Trinajstić information content (AvgIpc) is 2.89. The van der Waals surface area contributed by atoms with E-state index in [0.717, 1.165) is 10.4 Å². The minimum Gasteiger partial charge on any atom is -0.312 e. The Morgan fingerprint density at radius 2 is 1.92 bits per heavy atom. The molecular weight excluding hydrogens is 370 g/mol. The Morgan fingerprint density at radius 1 is 1.27 bits per heavy atom.